The highest BCUT2D eigenvalue weighted by Crippen LogP contribution is 2.19. The lowest BCUT2D eigenvalue weighted by atomic mass is 10.1. The predicted molar refractivity (Wildman–Crippen MR) is 80.6 cm³/mol. The Morgan fingerprint density at radius 1 is 1.45 bits per heavy atom. The smallest absolute Gasteiger partial charge is 0.256 e. The van der Waals surface area contributed by atoms with Gasteiger partial charge < -0.3 is 15.4 Å². The zero-order valence-electron chi connectivity index (χ0n) is 12.3. The number of hydrogen-bond acceptors (Lipinski definition) is 3. The van der Waals surface area contributed by atoms with Crippen molar-refractivity contribution in [3.63, 3.8) is 0 Å². The topological polar surface area (TPSA) is 55.6 Å². The molecule has 110 valence electrons. The van der Waals surface area contributed by atoms with Crippen molar-refractivity contribution in [1.82, 2.24) is 4.90 Å². The Labute approximate surface area is 120 Å². The maximum absolute atomic E-state index is 12.4. The van der Waals surface area contributed by atoms with E-state index in [1.54, 1.807) is 12.1 Å². The maximum Gasteiger partial charge on any atom is 0.256 e. The third-order valence-corrected chi connectivity index (χ3v) is 3.67. The van der Waals surface area contributed by atoms with Crippen LogP contribution in [-0.2, 0) is 4.74 Å². The van der Waals surface area contributed by atoms with Crippen LogP contribution in [-0.4, -0.2) is 36.6 Å². The van der Waals surface area contributed by atoms with Crippen molar-refractivity contribution in [2.75, 3.05) is 25.4 Å². The van der Waals surface area contributed by atoms with Crippen LogP contribution >= 0.6 is 0 Å². The van der Waals surface area contributed by atoms with Gasteiger partial charge in [0.1, 0.15) is 0 Å². The monoisotopic (exact) mass is 276 g/mol. The average molecular weight is 276 g/mol. The molecular weight excluding hydrogens is 252 g/mol. The van der Waals surface area contributed by atoms with Gasteiger partial charge in [-0.2, -0.15) is 0 Å². The second kappa shape index (κ2) is 6.75. The highest BCUT2D eigenvalue weighted by molar-refractivity contribution is 5.99. The van der Waals surface area contributed by atoms with Gasteiger partial charge in [-0.3, -0.25) is 4.79 Å². The van der Waals surface area contributed by atoms with Crippen molar-refractivity contribution in [3.8, 4) is 0 Å². The Morgan fingerprint density at radius 2 is 2.20 bits per heavy atom. The summed E-state index contributed by atoms with van der Waals surface area (Å²) in [4.78, 5) is 14.2. The first-order valence-corrected chi connectivity index (χ1v) is 7.33. The summed E-state index contributed by atoms with van der Waals surface area (Å²) < 4.78 is 5.84. The fraction of sp³-hybridized carbons (Fsp3) is 0.562. The lowest BCUT2D eigenvalue weighted by Gasteiger charge is -2.18. The second-order valence-electron chi connectivity index (χ2n) is 5.80. The van der Waals surface area contributed by atoms with Gasteiger partial charge in [0.05, 0.1) is 11.7 Å². The minimum Gasteiger partial charge on any atom is -0.398 e. The van der Waals surface area contributed by atoms with Crippen LogP contribution in [0.2, 0.25) is 0 Å². The summed E-state index contributed by atoms with van der Waals surface area (Å²) in [6.07, 6.45) is 2.15. The summed E-state index contributed by atoms with van der Waals surface area (Å²) in [6.45, 7) is 6.57. The number of para-hydroxylation sites is 1. The molecule has 2 N–H and O–H groups in total. The van der Waals surface area contributed by atoms with Crippen LogP contribution in [0.15, 0.2) is 24.3 Å². The molecule has 0 spiro atoms. The van der Waals surface area contributed by atoms with Crippen LogP contribution in [0.1, 0.15) is 37.0 Å². The Hall–Kier alpha value is -1.55. The molecule has 0 radical (unpaired) electrons. The van der Waals surface area contributed by atoms with Gasteiger partial charge in [0.15, 0.2) is 0 Å². The van der Waals surface area contributed by atoms with Crippen molar-refractivity contribution in [2.45, 2.75) is 32.8 Å². The molecule has 1 amide bonds. The number of hydrogen-bond donors (Lipinski definition) is 1. The molecule has 1 aromatic carbocycles. The molecular formula is C16H24N2O2. The Balaban J connectivity index is 1.86. The van der Waals surface area contributed by atoms with Crippen LogP contribution in [0.25, 0.3) is 0 Å². The number of carbonyl (C=O) groups is 1. The molecule has 1 fully saturated rings. The summed E-state index contributed by atoms with van der Waals surface area (Å²) in [5, 5.41) is 0. The van der Waals surface area contributed by atoms with Gasteiger partial charge in [-0.15, -0.1) is 0 Å². The fourth-order valence-corrected chi connectivity index (χ4v) is 2.38. The first-order valence-electron chi connectivity index (χ1n) is 7.33. The Morgan fingerprint density at radius 3 is 2.90 bits per heavy atom. The number of anilines is 1. The quantitative estimate of drug-likeness (QED) is 0.841. The first kappa shape index (κ1) is 14.9. The van der Waals surface area contributed by atoms with E-state index in [4.69, 9.17) is 10.5 Å². The van der Waals surface area contributed by atoms with Gasteiger partial charge in [-0.05, 0) is 30.9 Å². The van der Waals surface area contributed by atoms with Crippen LogP contribution in [0, 0.1) is 5.92 Å². The molecule has 1 saturated heterocycles. The van der Waals surface area contributed by atoms with Gasteiger partial charge in [-0.1, -0.05) is 26.0 Å². The number of likely N-dealkylation sites (tertiary alicyclic amines) is 1. The van der Waals surface area contributed by atoms with Crippen molar-refractivity contribution in [3.05, 3.63) is 29.8 Å². The molecule has 2 rings (SSSR count). The molecule has 0 aliphatic carbocycles. The lowest BCUT2D eigenvalue weighted by Crippen LogP contribution is -2.30. The van der Waals surface area contributed by atoms with E-state index in [-0.39, 0.29) is 12.0 Å². The van der Waals surface area contributed by atoms with Crippen LogP contribution in [0.3, 0.4) is 0 Å². The third kappa shape index (κ3) is 3.73. The Kier molecular flexibility index (Phi) is 5.01. The summed E-state index contributed by atoms with van der Waals surface area (Å²) in [5.74, 6) is 0.663. The largest absolute Gasteiger partial charge is 0.398 e. The zero-order valence-corrected chi connectivity index (χ0v) is 12.3. The normalized spacial score (nSPS) is 18.8. The molecule has 0 saturated carbocycles. The molecule has 20 heavy (non-hydrogen) atoms. The lowest BCUT2D eigenvalue weighted by molar-refractivity contribution is 0.0484. The van der Waals surface area contributed by atoms with Crippen molar-refractivity contribution in [2.24, 2.45) is 5.92 Å². The van der Waals surface area contributed by atoms with Crippen molar-refractivity contribution < 1.29 is 9.53 Å². The van der Waals surface area contributed by atoms with Crippen molar-refractivity contribution >= 4 is 11.6 Å². The average Bonchev–Trinajstić information content (AvgIpc) is 2.87. The number of benzene rings is 1. The molecule has 0 bridgehead atoms. The number of amides is 1. The molecule has 1 unspecified atom stereocenters. The molecule has 1 aromatic rings. The minimum atomic E-state index is 0.0121. The zero-order chi connectivity index (χ0) is 14.5. The Bertz CT molecular complexity index is 460. The highest BCUT2D eigenvalue weighted by atomic mass is 16.5. The number of carbonyl (C=O) groups excluding carboxylic acids is 1. The summed E-state index contributed by atoms with van der Waals surface area (Å²) in [5.41, 5.74) is 6.99. The van der Waals surface area contributed by atoms with Crippen LogP contribution in [0.4, 0.5) is 5.69 Å². The third-order valence-electron chi connectivity index (χ3n) is 3.67. The van der Waals surface area contributed by atoms with E-state index in [2.05, 4.69) is 13.8 Å². The first-order chi connectivity index (χ1) is 9.58. The number of ether oxygens (including phenoxy) is 1. The van der Waals surface area contributed by atoms with Gasteiger partial charge in [0.25, 0.3) is 5.91 Å². The van der Waals surface area contributed by atoms with Crippen LogP contribution < -0.4 is 5.73 Å². The second-order valence-corrected chi connectivity index (χ2v) is 5.80. The van der Waals surface area contributed by atoms with E-state index >= 15 is 0 Å². The van der Waals surface area contributed by atoms with E-state index in [1.807, 2.05) is 17.0 Å². The van der Waals surface area contributed by atoms with Crippen molar-refractivity contribution in [1.29, 1.82) is 0 Å². The number of nitrogens with two attached hydrogens (primary N) is 1. The van der Waals surface area contributed by atoms with E-state index in [1.165, 1.54) is 0 Å². The summed E-state index contributed by atoms with van der Waals surface area (Å²) in [7, 11) is 0. The van der Waals surface area contributed by atoms with E-state index < -0.39 is 0 Å². The predicted octanol–water partition coefficient (Wildman–Crippen LogP) is 2.55. The molecule has 0 aromatic heterocycles. The molecule has 4 nitrogen and oxygen atoms in total. The van der Waals surface area contributed by atoms with E-state index in [9.17, 15) is 4.79 Å². The number of nitrogen functional groups attached to an aromatic ring is 1. The molecule has 1 heterocycles. The standard InChI is InChI=1S/C16H24N2O2/c1-12(2)8-10-20-13-7-9-18(11-13)16(19)14-5-3-4-6-15(14)17/h3-6,12-13H,7-11,17H2,1-2H3. The SMILES string of the molecule is CC(C)CCOC1CCN(C(=O)c2ccccc2N)C1. The van der Waals surface area contributed by atoms with E-state index in [0.717, 1.165) is 26.0 Å². The number of nitrogens with zero attached hydrogens (tertiary/aromatic N) is 1. The number of rotatable bonds is 5. The highest BCUT2D eigenvalue weighted by Gasteiger charge is 2.28. The van der Waals surface area contributed by atoms with Gasteiger partial charge >= 0.3 is 0 Å². The molecule has 4 heteroatoms. The van der Waals surface area contributed by atoms with Gasteiger partial charge in [0.2, 0.25) is 0 Å². The summed E-state index contributed by atoms with van der Waals surface area (Å²) in [6, 6.07) is 7.23. The van der Waals surface area contributed by atoms with E-state index in [0.29, 0.717) is 23.7 Å². The summed E-state index contributed by atoms with van der Waals surface area (Å²) >= 11 is 0. The molecule has 1 atom stereocenters. The van der Waals surface area contributed by atoms with Crippen LogP contribution in [0.5, 0.6) is 0 Å². The van der Waals surface area contributed by atoms with Gasteiger partial charge in [-0.25, -0.2) is 0 Å². The molecule has 1 aliphatic rings. The van der Waals surface area contributed by atoms with Gasteiger partial charge in [0, 0.05) is 25.4 Å². The fourth-order valence-electron chi connectivity index (χ4n) is 2.38. The minimum absolute atomic E-state index is 0.0121. The molecule has 1 aliphatic heterocycles. The maximum atomic E-state index is 12.4.